The van der Waals surface area contributed by atoms with Crippen LogP contribution in [0.2, 0.25) is 0 Å². The number of carboxylic acids is 1. The molecule has 0 aliphatic heterocycles. The number of urea groups is 1. The highest BCUT2D eigenvalue weighted by Crippen LogP contribution is 2.34. The molecule has 0 radical (unpaired) electrons. The van der Waals surface area contributed by atoms with Gasteiger partial charge in [0.25, 0.3) is 5.56 Å². The van der Waals surface area contributed by atoms with E-state index >= 15 is 0 Å². The molecule has 1 heterocycles. The van der Waals surface area contributed by atoms with Crippen LogP contribution in [0.4, 0.5) is 14.9 Å². The monoisotopic (exact) mass is 467 g/mol. The molecule has 4 N–H and O–H groups in total. The molecule has 8 nitrogen and oxygen atoms in total. The highest BCUT2D eigenvalue weighted by Gasteiger charge is 2.24. The highest BCUT2D eigenvalue weighted by molar-refractivity contribution is 5.91. The van der Waals surface area contributed by atoms with E-state index in [0.717, 1.165) is 5.56 Å². The lowest BCUT2D eigenvalue weighted by Crippen LogP contribution is -2.36. The third-order valence-electron chi connectivity index (χ3n) is 5.82. The number of amides is 2. The standard InChI is InChI=1S/C25H26FN3O5/c1-13-7-5-6-8-16(13)22-15(3)17(9-10-18(22)26)19(12-21(31)32)27-25(34)28-23-20(30)11-14(2)29(4)24(23)33/h5-11,19,30H,12H2,1-4H3,(H,31,32)(H2,27,28,34). The minimum Gasteiger partial charge on any atom is -0.505 e. The normalized spacial score (nSPS) is 11.7. The number of nitrogens with zero attached hydrogens (tertiary/aromatic N) is 1. The number of rotatable bonds is 6. The zero-order valence-electron chi connectivity index (χ0n) is 19.3. The Balaban J connectivity index is 1.99. The van der Waals surface area contributed by atoms with Crippen molar-refractivity contribution in [1.82, 2.24) is 9.88 Å². The van der Waals surface area contributed by atoms with Crippen LogP contribution in [0.25, 0.3) is 11.1 Å². The van der Waals surface area contributed by atoms with Crippen molar-refractivity contribution in [3.63, 3.8) is 0 Å². The molecule has 2 amide bonds. The third kappa shape index (κ3) is 4.93. The lowest BCUT2D eigenvalue weighted by molar-refractivity contribution is -0.137. The molecule has 2 aromatic carbocycles. The van der Waals surface area contributed by atoms with E-state index in [4.69, 9.17) is 0 Å². The first-order valence-corrected chi connectivity index (χ1v) is 10.5. The van der Waals surface area contributed by atoms with E-state index in [1.807, 2.05) is 19.1 Å². The topological polar surface area (TPSA) is 121 Å². The number of carboxylic acid groups (broad SMARTS) is 1. The Morgan fingerprint density at radius 1 is 1.12 bits per heavy atom. The SMILES string of the molecule is Cc1ccccc1-c1c(F)ccc(C(CC(=O)O)NC(=O)Nc2c(O)cc(C)n(C)c2=O)c1C. The van der Waals surface area contributed by atoms with Crippen LogP contribution in [0.15, 0.2) is 47.3 Å². The number of hydrogen-bond donors (Lipinski definition) is 4. The molecule has 0 bridgehead atoms. The van der Waals surface area contributed by atoms with Gasteiger partial charge < -0.3 is 25.4 Å². The van der Waals surface area contributed by atoms with E-state index in [9.17, 15) is 29.0 Å². The summed E-state index contributed by atoms with van der Waals surface area (Å²) >= 11 is 0. The Morgan fingerprint density at radius 3 is 2.44 bits per heavy atom. The average Bonchev–Trinajstić information content (AvgIpc) is 2.76. The summed E-state index contributed by atoms with van der Waals surface area (Å²) in [6.07, 6.45) is -0.481. The van der Waals surface area contributed by atoms with Gasteiger partial charge in [-0.2, -0.15) is 0 Å². The first-order valence-electron chi connectivity index (χ1n) is 10.5. The Bertz CT molecular complexity index is 1330. The van der Waals surface area contributed by atoms with Crippen LogP contribution >= 0.6 is 0 Å². The molecule has 3 rings (SSSR count). The minimum atomic E-state index is -1.18. The molecule has 0 aliphatic rings. The van der Waals surface area contributed by atoms with Gasteiger partial charge in [0.05, 0.1) is 12.5 Å². The van der Waals surface area contributed by atoms with Gasteiger partial charge in [0, 0.05) is 24.4 Å². The van der Waals surface area contributed by atoms with Gasteiger partial charge in [0.1, 0.15) is 11.6 Å². The molecule has 0 saturated heterocycles. The summed E-state index contributed by atoms with van der Waals surface area (Å²) in [4.78, 5) is 36.7. The molecule has 0 saturated carbocycles. The van der Waals surface area contributed by atoms with Gasteiger partial charge in [-0.05, 0) is 49.1 Å². The summed E-state index contributed by atoms with van der Waals surface area (Å²) in [5.41, 5.74) is 2.24. The van der Waals surface area contributed by atoms with Gasteiger partial charge in [-0.1, -0.05) is 30.3 Å². The minimum absolute atomic E-state index is 0.318. The Hall–Kier alpha value is -4.14. The number of nitrogens with one attached hydrogen (secondary N) is 2. The second-order valence-electron chi connectivity index (χ2n) is 8.11. The lowest BCUT2D eigenvalue weighted by Gasteiger charge is -2.22. The van der Waals surface area contributed by atoms with E-state index in [-0.39, 0.29) is 5.69 Å². The number of benzene rings is 2. The van der Waals surface area contributed by atoms with E-state index < -0.39 is 41.6 Å². The summed E-state index contributed by atoms with van der Waals surface area (Å²) in [5.74, 6) is -2.06. The van der Waals surface area contributed by atoms with Crippen molar-refractivity contribution >= 4 is 17.7 Å². The molecule has 34 heavy (non-hydrogen) atoms. The third-order valence-corrected chi connectivity index (χ3v) is 5.82. The summed E-state index contributed by atoms with van der Waals surface area (Å²) in [7, 11) is 1.49. The number of aromatic nitrogens is 1. The fourth-order valence-electron chi connectivity index (χ4n) is 3.90. The molecule has 178 valence electrons. The fourth-order valence-corrected chi connectivity index (χ4v) is 3.90. The number of halogens is 1. The van der Waals surface area contributed by atoms with Crippen LogP contribution in [0.3, 0.4) is 0 Å². The number of pyridine rings is 1. The number of carbonyl (C=O) groups excluding carboxylic acids is 1. The van der Waals surface area contributed by atoms with Crippen LogP contribution < -0.4 is 16.2 Å². The van der Waals surface area contributed by atoms with Gasteiger partial charge in [0.2, 0.25) is 0 Å². The van der Waals surface area contributed by atoms with Gasteiger partial charge in [0.15, 0.2) is 5.69 Å². The van der Waals surface area contributed by atoms with Crippen molar-refractivity contribution in [2.24, 2.45) is 7.05 Å². The van der Waals surface area contributed by atoms with Gasteiger partial charge >= 0.3 is 12.0 Å². The molecule has 0 fully saturated rings. The number of carbonyl (C=O) groups is 2. The van der Waals surface area contributed by atoms with Crippen LogP contribution in [-0.2, 0) is 11.8 Å². The lowest BCUT2D eigenvalue weighted by atomic mass is 9.89. The maximum absolute atomic E-state index is 14.9. The molecule has 3 aromatic rings. The van der Waals surface area contributed by atoms with Crippen molar-refractivity contribution < 1.29 is 24.2 Å². The first-order chi connectivity index (χ1) is 16.0. The van der Waals surface area contributed by atoms with Crippen molar-refractivity contribution in [3.05, 3.63) is 81.0 Å². The number of anilines is 1. The van der Waals surface area contributed by atoms with Gasteiger partial charge in [-0.25, -0.2) is 9.18 Å². The van der Waals surface area contributed by atoms with Crippen LogP contribution in [0.5, 0.6) is 5.75 Å². The first kappa shape index (κ1) is 24.5. The zero-order valence-corrected chi connectivity index (χ0v) is 19.3. The van der Waals surface area contributed by atoms with Gasteiger partial charge in [-0.3, -0.25) is 9.59 Å². The maximum atomic E-state index is 14.9. The van der Waals surface area contributed by atoms with Crippen LogP contribution in [0.1, 0.15) is 34.8 Å². The second-order valence-corrected chi connectivity index (χ2v) is 8.11. The van der Waals surface area contributed by atoms with E-state index in [1.165, 1.54) is 29.8 Å². The largest absolute Gasteiger partial charge is 0.505 e. The fraction of sp³-hybridized carbons (Fsp3) is 0.240. The van der Waals surface area contributed by atoms with E-state index in [0.29, 0.717) is 27.9 Å². The predicted octanol–water partition coefficient (Wildman–Crippen LogP) is 4.16. The van der Waals surface area contributed by atoms with Crippen molar-refractivity contribution in [1.29, 1.82) is 0 Å². The molecule has 9 heteroatoms. The summed E-state index contributed by atoms with van der Waals surface area (Å²) in [6, 6.07) is 9.30. The van der Waals surface area contributed by atoms with Gasteiger partial charge in [-0.15, -0.1) is 0 Å². The molecular formula is C25H26FN3O5. The van der Waals surface area contributed by atoms with E-state index in [2.05, 4.69) is 10.6 Å². The van der Waals surface area contributed by atoms with Crippen molar-refractivity contribution in [3.8, 4) is 16.9 Å². The van der Waals surface area contributed by atoms with Crippen LogP contribution in [0, 0.1) is 26.6 Å². The molecular weight excluding hydrogens is 441 g/mol. The van der Waals surface area contributed by atoms with Crippen molar-refractivity contribution in [2.45, 2.75) is 33.2 Å². The smallest absolute Gasteiger partial charge is 0.319 e. The molecule has 1 unspecified atom stereocenters. The quantitative estimate of drug-likeness (QED) is 0.434. The molecule has 1 aromatic heterocycles. The number of aryl methyl sites for hydroxylation is 2. The molecule has 0 aliphatic carbocycles. The Labute approximate surface area is 195 Å². The maximum Gasteiger partial charge on any atom is 0.319 e. The molecule has 1 atom stereocenters. The Kier molecular flexibility index (Phi) is 7.05. The van der Waals surface area contributed by atoms with E-state index in [1.54, 1.807) is 26.0 Å². The molecule has 0 spiro atoms. The number of hydrogen-bond acceptors (Lipinski definition) is 4. The summed E-state index contributed by atoms with van der Waals surface area (Å²) < 4.78 is 16.1. The zero-order chi connectivity index (χ0) is 25.2. The van der Waals surface area contributed by atoms with Crippen LogP contribution in [-0.4, -0.2) is 26.8 Å². The summed E-state index contributed by atoms with van der Waals surface area (Å²) in [6.45, 7) is 5.13. The van der Waals surface area contributed by atoms with Crippen molar-refractivity contribution in [2.75, 3.05) is 5.32 Å². The number of aliphatic carboxylic acids is 1. The number of aromatic hydroxyl groups is 1. The highest BCUT2D eigenvalue weighted by atomic mass is 19.1. The average molecular weight is 467 g/mol. The summed E-state index contributed by atoms with van der Waals surface area (Å²) in [5, 5.41) is 24.4. The second kappa shape index (κ2) is 9.78. The Morgan fingerprint density at radius 2 is 1.79 bits per heavy atom. The predicted molar refractivity (Wildman–Crippen MR) is 127 cm³/mol.